The van der Waals surface area contributed by atoms with Gasteiger partial charge in [0.1, 0.15) is 0 Å². The molecule has 0 saturated heterocycles. The standard InChI is InChI=1S/C7H17OPSe/c1-5-9(10,6-2)8-7(3)4/h7H,5-6H2,1-4H3. The fourth-order valence-electron chi connectivity index (χ4n) is 0.757. The van der Waals surface area contributed by atoms with Gasteiger partial charge in [-0.25, -0.2) is 0 Å². The Bertz CT molecular complexity index is 126. The van der Waals surface area contributed by atoms with Crippen LogP contribution in [0.2, 0.25) is 0 Å². The molecule has 0 aromatic rings. The molecule has 0 aliphatic rings. The summed E-state index contributed by atoms with van der Waals surface area (Å²) in [6.07, 6.45) is 2.68. The zero-order valence-corrected chi connectivity index (χ0v) is 9.86. The predicted molar refractivity (Wildman–Crippen MR) is 50.0 cm³/mol. The van der Waals surface area contributed by atoms with E-state index in [1.807, 2.05) is 0 Å². The Morgan fingerprint density at radius 3 is 1.80 bits per heavy atom. The average Bonchev–Trinajstić information content (AvgIpc) is 1.87. The van der Waals surface area contributed by atoms with Gasteiger partial charge in [0, 0.05) is 0 Å². The molecule has 0 aliphatic carbocycles. The quantitative estimate of drug-likeness (QED) is 0.529. The first-order chi connectivity index (χ1) is 4.54. The fraction of sp³-hybridized carbons (Fsp3) is 1.00. The van der Waals surface area contributed by atoms with E-state index < -0.39 is 5.74 Å². The van der Waals surface area contributed by atoms with Crippen molar-refractivity contribution in [3.05, 3.63) is 0 Å². The third kappa shape index (κ3) is 3.93. The van der Waals surface area contributed by atoms with Gasteiger partial charge in [0.05, 0.1) is 0 Å². The molecule has 0 fully saturated rings. The van der Waals surface area contributed by atoms with Crippen LogP contribution in [-0.4, -0.2) is 33.5 Å². The maximum absolute atomic E-state index is 5.79. The van der Waals surface area contributed by atoms with Crippen LogP contribution in [0.15, 0.2) is 0 Å². The Morgan fingerprint density at radius 1 is 1.30 bits per heavy atom. The van der Waals surface area contributed by atoms with Gasteiger partial charge in [-0.3, -0.25) is 0 Å². The molecule has 0 aliphatic heterocycles. The Morgan fingerprint density at radius 2 is 1.70 bits per heavy atom. The zero-order valence-electron chi connectivity index (χ0n) is 7.26. The molecule has 10 heavy (non-hydrogen) atoms. The Hall–Kier alpha value is 0.909. The van der Waals surface area contributed by atoms with Gasteiger partial charge in [-0.1, -0.05) is 0 Å². The van der Waals surface area contributed by atoms with Crippen LogP contribution in [0.4, 0.5) is 0 Å². The molecular weight excluding hydrogens is 210 g/mol. The predicted octanol–water partition coefficient (Wildman–Crippen LogP) is 2.47. The van der Waals surface area contributed by atoms with Crippen LogP contribution < -0.4 is 0 Å². The second kappa shape index (κ2) is 4.72. The van der Waals surface area contributed by atoms with E-state index >= 15 is 0 Å². The number of rotatable bonds is 4. The third-order valence-electron chi connectivity index (χ3n) is 1.37. The van der Waals surface area contributed by atoms with Crippen LogP contribution in [0.3, 0.4) is 0 Å². The molecule has 0 rings (SSSR count). The first-order valence-corrected chi connectivity index (χ1v) is 8.10. The molecule has 3 heteroatoms. The van der Waals surface area contributed by atoms with Crippen molar-refractivity contribution >= 4 is 20.8 Å². The number of hydrogen-bond acceptors (Lipinski definition) is 1. The van der Waals surface area contributed by atoms with E-state index in [9.17, 15) is 0 Å². The van der Waals surface area contributed by atoms with E-state index in [0.29, 0.717) is 6.10 Å². The van der Waals surface area contributed by atoms with Crippen molar-refractivity contribution in [2.24, 2.45) is 0 Å². The molecule has 0 N–H and O–H groups in total. The summed E-state index contributed by atoms with van der Waals surface area (Å²) >= 11 is 3.21. The molecule has 0 saturated carbocycles. The molecule has 0 atom stereocenters. The molecule has 62 valence electrons. The maximum atomic E-state index is 5.79. The molecule has 0 aromatic carbocycles. The van der Waals surface area contributed by atoms with Crippen LogP contribution in [0.5, 0.6) is 0 Å². The second-order valence-corrected chi connectivity index (χ2v) is 9.89. The molecule has 0 spiro atoms. The Labute approximate surface area is 71.8 Å². The fourth-order valence-corrected chi connectivity index (χ4v) is 3.35. The van der Waals surface area contributed by atoms with Crippen LogP contribution in [0, 0.1) is 0 Å². The van der Waals surface area contributed by atoms with Gasteiger partial charge in [0.2, 0.25) is 0 Å². The van der Waals surface area contributed by atoms with Gasteiger partial charge in [0.15, 0.2) is 0 Å². The van der Waals surface area contributed by atoms with Crippen LogP contribution in [-0.2, 0) is 4.52 Å². The van der Waals surface area contributed by atoms with E-state index in [-0.39, 0.29) is 0 Å². The van der Waals surface area contributed by atoms with Crippen molar-refractivity contribution < 1.29 is 4.52 Å². The molecular formula is C7H17OPSe. The molecule has 0 unspecified atom stereocenters. The van der Waals surface area contributed by atoms with E-state index in [1.165, 1.54) is 0 Å². The van der Waals surface area contributed by atoms with Crippen LogP contribution >= 0.6 is 5.74 Å². The number of hydrogen-bond donors (Lipinski definition) is 0. The Balaban J connectivity index is 3.94. The van der Waals surface area contributed by atoms with Crippen molar-refractivity contribution in [3.8, 4) is 0 Å². The van der Waals surface area contributed by atoms with E-state index in [2.05, 4.69) is 42.8 Å². The Kier molecular flexibility index (Phi) is 5.15. The van der Waals surface area contributed by atoms with Crippen LogP contribution in [0.25, 0.3) is 0 Å². The van der Waals surface area contributed by atoms with Crippen LogP contribution in [0.1, 0.15) is 27.7 Å². The van der Waals surface area contributed by atoms with Gasteiger partial charge >= 0.3 is 71.5 Å². The van der Waals surface area contributed by atoms with Gasteiger partial charge in [-0.2, -0.15) is 0 Å². The monoisotopic (exact) mass is 228 g/mol. The molecule has 0 radical (unpaired) electrons. The topological polar surface area (TPSA) is 9.23 Å². The average molecular weight is 227 g/mol. The molecule has 1 nitrogen and oxygen atoms in total. The summed E-state index contributed by atoms with van der Waals surface area (Å²) in [6, 6.07) is 0. The zero-order chi connectivity index (χ0) is 8.20. The second-order valence-electron chi connectivity index (χ2n) is 2.60. The van der Waals surface area contributed by atoms with Crippen molar-refractivity contribution in [1.82, 2.24) is 0 Å². The van der Waals surface area contributed by atoms with Gasteiger partial charge < -0.3 is 0 Å². The van der Waals surface area contributed by atoms with Crippen molar-refractivity contribution in [3.63, 3.8) is 0 Å². The van der Waals surface area contributed by atoms with Crippen molar-refractivity contribution in [2.45, 2.75) is 33.8 Å². The molecule has 0 amide bonds. The molecule has 0 aromatic heterocycles. The van der Waals surface area contributed by atoms with Crippen molar-refractivity contribution in [2.75, 3.05) is 12.3 Å². The normalized spacial score (nSPS) is 12.5. The third-order valence-corrected chi connectivity index (χ3v) is 7.89. The summed E-state index contributed by atoms with van der Waals surface area (Å²) in [6.45, 7) is 8.57. The summed E-state index contributed by atoms with van der Waals surface area (Å²) in [5.74, 6) is 0. The minimum absolute atomic E-state index is 0.370. The van der Waals surface area contributed by atoms with Gasteiger partial charge in [-0.15, -0.1) is 0 Å². The van der Waals surface area contributed by atoms with E-state index in [4.69, 9.17) is 4.52 Å². The van der Waals surface area contributed by atoms with Gasteiger partial charge in [0.25, 0.3) is 0 Å². The van der Waals surface area contributed by atoms with Crippen molar-refractivity contribution in [1.29, 1.82) is 0 Å². The molecule has 0 heterocycles. The SMILES string of the molecule is CCP(=[Se])(CC)OC(C)C. The van der Waals surface area contributed by atoms with E-state index in [0.717, 1.165) is 12.3 Å². The summed E-state index contributed by atoms with van der Waals surface area (Å²) in [7, 11) is 0. The first-order valence-electron chi connectivity index (χ1n) is 3.80. The summed E-state index contributed by atoms with van der Waals surface area (Å²) in [5.41, 5.74) is -1.11. The summed E-state index contributed by atoms with van der Waals surface area (Å²) in [5, 5.41) is 0. The van der Waals surface area contributed by atoms with E-state index in [1.54, 1.807) is 0 Å². The van der Waals surface area contributed by atoms with Gasteiger partial charge in [-0.05, 0) is 0 Å². The summed E-state index contributed by atoms with van der Waals surface area (Å²) < 4.78 is 5.79. The first kappa shape index (κ1) is 10.9. The summed E-state index contributed by atoms with van der Waals surface area (Å²) in [4.78, 5) is 0. The molecule has 0 bridgehead atoms. The minimum atomic E-state index is -1.11.